The molecule has 102 valence electrons. The minimum absolute atomic E-state index is 0.253. The zero-order valence-corrected chi connectivity index (χ0v) is 12.6. The number of nitrogens with two attached hydrogens (primary N) is 1. The smallest absolute Gasteiger partial charge is 0.175 e. The summed E-state index contributed by atoms with van der Waals surface area (Å²) in [5, 5.41) is 3.34. The van der Waals surface area contributed by atoms with E-state index in [9.17, 15) is 8.42 Å². The second-order valence-corrected chi connectivity index (χ2v) is 7.15. The maximum atomic E-state index is 11.4. The van der Waals surface area contributed by atoms with Crippen molar-refractivity contribution in [1.29, 1.82) is 0 Å². The van der Waals surface area contributed by atoms with Crippen LogP contribution in [0, 0.1) is 0 Å². The van der Waals surface area contributed by atoms with Crippen molar-refractivity contribution in [3.8, 4) is 0 Å². The first-order valence-electron chi connectivity index (χ1n) is 5.73. The van der Waals surface area contributed by atoms with Gasteiger partial charge < -0.3 is 11.1 Å². The summed E-state index contributed by atoms with van der Waals surface area (Å²) in [5.74, 6) is 0.990. The molecule has 1 unspecified atom stereocenters. The summed E-state index contributed by atoms with van der Waals surface area (Å²) in [6, 6.07) is 5.16. The highest BCUT2D eigenvalue weighted by Gasteiger charge is 2.11. The molecule has 0 heterocycles. The Balaban J connectivity index is 2.92. The lowest BCUT2D eigenvalue weighted by molar-refractivity contribution is 0.602. The summed E-state index contributed by atoms with van der Waals surface area (Å²) in [5.41, 5.74) is 7.15. The monoisotopic (exact) mass is 288 g/mol. The quantitative estimate of drug-likeness (QED) is 0.785. The van der Waals surface area contributed by atoms with Crippen LogP contribution in [0.25, 0.3) is 0 Å². The van der Waals surface area contributed by atoms with Gasteiger partial charge in [-0.1, -0.05) is 6.92 Å². The first-order chi connectivity index (χ1) is 8.38. The van der Waals surface area contributed by atoms with Gasteiger partial charge >= 0.3 is 0 Å². The molecule has 0 radical (unpaired) electrons. The number of benzene rings is 1. The number of nitrogens with one attached hydrogen (secondary N) is 1. The summed E-state index contributed by atoms with van der Waals surface area (Å²) in [7, 11) is -3.20. The molecule has 0 aliphatic heterocycles. The number of nitrogen functional groups attached to an aromatic ring is 1. The van der Waals surface area contributed by atoms with Crippen molar-refractivity contribution >= 4 is 33.0 Å². The van der Waals surface area contributed by atoms with Crippen molar-refractivity contribution in [1.82, 2.24) is 0 Å². The minimum Gasteiger partial charge on any atom is -0.397 e. The molecule has 0 bridgehead atoms. The van der Waals surface area contributed by atoms with Crippen molar-refractivity contribution in [3.63, 3.8) is 0 Å². The van der Waals surface area contributed by atoms with Crippen LogP contribution in [-0.2, 0) is 9.84 Å². The Morgan fingerprint density at radius 1 is 1.44 bits per heavy atom. The molecule has 1 aromatic carbocycles. The van der Waals surface area contributed by atoms with Crippen LogP contribution < -0.4 is 11.1 Å². The van der Waals surface area contributed by atoms with Crippen LogP contribution in [0.5, 0.6) is 0 Å². The van der Waals surface area contributed by atoms with Gasteiger partial charge in [0.2, 0.25) is 0 Å². The van der Waals surface area contributed by atoms with Gasteiger partial charge in [0.05, 0.1) is 16.3 Å². The summed E-state index contributed by atoms with van der Waals surface area (Å²) >= 11 is 1.77. The number of rotatable bonds is 6. The first-order valence-corrected chi connectivity index (χ1v) is 9.02. The molecule has 1 aromatic rings. The highest BCUT2D eigenvalue weighted by atomic mass is 32.2. The summed E-state index contributed by atoms with van der Waals surface area (Å²) in [6.07, 6.45) is 4.23. The van der Waals surface area contributed by atoms with E-state index in [1.807, 2.05) is 0 Å². The van der Waals surface area contributed by atoms with Crippen LogP contribution in [0.15, 0.2) is 23.1 Å². The molecule has 0 saturated carbocycles. The fraction of sp³-hybridized carbons (Fsp3) is 0.500. The number of hydrogen-bond donors (Lipinski definition) is 2. The lowest BCUT2D eigenvalue weighted by atomic mass is 10.2. The highest BCUT2D eigenvalue weighted by molar-refractivity contribution is 7.98. The predicted octanol–water partition coefficient (Wildman–Crippen LogP) is 2.23. The number of hydrogen-bond acceptors (Lipinski definition) is 5. The molecule has 0 aromatic heterocycles. The fourth-order valence-corrected chi connectivity index (χ4v) is 2.96. The molecule has 3 N–H and O–H groups in total. The summed E-state index contributed by atoms with van der Waals surface area (Å²) in [4.78, 5) is 0.253. The number of anilines is 2. The van der Waals surface area contributed by atoms with Crippen LogP contribution in [0.1, 0.15) is 13.3 Å². The third-order valence-corrected chi connectivity index (χ3v) is 4.52. The van der Waals surface area contributed by atoms with Gasteiger partial charge in [0.15, 0.2) is 9.84 Å². The molecule has 0 aliphatic rings. The van der Waals surface area contributed by atoms with Crippen molar-refractivity contribution in [2.75, 3.05) is 29.3 Å². The van der Waals surface area contributed by atoms with Gasteiger partial charge in [0, 0.05) is 18.1 Å². The average Bonchev–Trinajstić information content (AvgIpc) is 2.29. The topological polar surface area (TPSA) is 72.2 Å². The Labute approximate surface area is 113 Å². The molecular formula is C12H20N2O2S2. The molecule has 4 nitrogen and oxygen atoms in total. The molecule has 0 saturated heterocycles. The Hall–Kier alpha value is -0.880. The van der Waals surface area contributed by atoms with Crippen LogP contribution in [-0.4, -0.2) is 32.7 Å². The Morgan fingerprint density at radius 2 is 2.11 bits per heavy atom. The molecule has 0 fully saturated rings. The molecule has 1 atom stereocenters. The standard InChI is InChI=1S/C12H20N2O2S2/c1-4-9(8-17-2)14-12-6-5-10(7-11(12)13)18(3,15)16/h5-7,9,14H,4,8,13H2,1-3H3. The van der Waals surface area contributed by atoms with Gasteiger partial charge in [-0.15, -0.1) is 0 Å². The first kappa shape index (κ1) is 15.2. The molecule has 1 rings (SSSR count). The van der Waals surface area contributed by atoms with Crippen LogP contribution in [0.2, 0.25) is 0 Å². The highest BCUT2D eigenvalue weighted by Crippen LogP contribution is 2.24. The van der Waals surface area contributed by atoms with E-state index in [0.717, 1.165) is 17.9 Å². The van der Waals surface area contributed by atoms with Crippen molar-refractivity contribution in [2.24, 2.45) is 0 Å². The van der Waals surface area contributed by atoms with Crippen LogP contribution in [0.4, 0.5) is 11.4 Å². The zero-order chi connectivity index (χ0) is 13.8. The van der Waals surface area contributed by atoms with Crippen molar-refractivity contribution in [3.05, 3.63) is 18.2 Å². The van der Waals surface area contributed by atoms with E-state index in [4.69, 9.17) is 5.73 Å². The summed E-state index contributed by atoms with van der Waals surface area (Å²) < 4.78 is 22.8. The van der Waals surface area contributed by atoms with E-state index in [2.05, 4.69) is 18.5 Å². The van der Waals surface area contributed by atoms with Gasteiger partial charge in [-0.05, 0) is 30.9 Å². The van der Waals surface area contributed by atoms with Crippen molar-refractivity contribution in [2.45, 2.75) is 24.3 Å². The minimum atomic E-state index is -3.20. The fourth-order valence-electron chi connectivity index (χ4n) is 1.59. The normalized spacial score (nSPS) is 13.3. The maximum Gasteiger partial charge on any atom is 0.175 e. The molecule has 0 amide bonds. The summed E-state index contributed by atoms with van der Waals surface area (Å²) in [6.45, 7) is 2.11. The molecule has 0 spiro atoms. The van der Waals surface area contributed by atoms with Gasteiger partial charge in [0.25, 0.3) is 0 Å². The SMILES string of the molecule is CCC(CSC)Nc1ccc(S(C)(=O)=O)cc1N. The van der Waals surface area contributed by atoms with E-state index in [1.54, 1.807) is 23.9 Å². The third-order valence-electron chi connectivity index (χ3n) is 2.67. The van der Waals surface area contributed by atoms with Crippen molar-refractivity contribution < 1.29 is 8.42 Å². The van der Waals surface area contributed by atoms with Gasteiger partial charge in [-0.25, -0.2) is 8.42 Å². The number of thioether (sulfide) groups is 1. The van der Waals surface area contributed by atoms with Gasteiger partial charge in [-0.3, -0.25) is 0 Å². The Bertz CT molecular complexity index is 501. The van der Waals surface area contributed by atoms with E-state index < -0.39 is 9.84 Å². The van der Waals surface area contributed by atoms with Crippen LogP contribution >= 0.6 is 11.8 Å². The predicted molar refractivity (Wildman–Crippen MR) is 80.0 cm³/mol. The maximum absolute atomic E-state index is 11.4. The Morgan fingerprint density at radius 3 is 2.56 bits per heavy atom. The third kappa shape index (κ3) is 4.10. The van der Waals surface area contributed by atoms with Gasteiger partial charge in [-0.2, -0.15) is 11.8 Å². The molecule has 18 heavy (non-hydrogen) atoms. The van der Waals surface area contributed by atoms with E-state index >= 15 is 0 Å². The lowest BCUT2D eigenvalue weighted by Crippen LogP contribution is -2.21. The zero-order valence-electron chi connectivity index (χ0n) is 10.9. The van der Waals surface area contributed by atoms with Crippen LogP contribution in [0.3, 0.4) is 0 Å². The number of sulfone groups is 1. The second-order valence-electron chi connectivity index (χ2n) is 4.23. The average molecular weight is 288 g/mol. The van der Waals surface area contributed by atoms with E-state index in [0.29, 0.717) is 11.7 Å². The largest absolute Gasteiger partial charge is 0.397 e. The van der Waals surface area contributed by atoms with Gasteiger partial charge in [0.1, 0.15) is 0 Å². The Kier molecular flexibility index (Phi) is 5.34. The second kappa shape index (κ2) is 6.33. The lowest BCUT2D eigenvalue weighted by Gasteiger charge is -2.18. The molecule has 0 aliphatic carbocycles. The molecular weight excluding hydrogens is 268 g/mol. The van der Waals surface area contributed by atoms with E-state index in [1.165, 1.54) is 12.3 Å². The molecule has 6 heteroatoms. The van der Waals surface area contributed by atoms with E-state index in [-0.39, 0.29) is 4.90 Å².